The molecule has 1 aromatic rings. The van der Waals surface area contributed by atoms with Crippen LogP contribution in [0.2, 0.25) is 0 Å². The van der Waals surface area contributed by atoms with Crippen LogP contribution in [0.1, 0.15) is 0 Å². The molecule has 3 N–H and O–H groups in total. The predicted molar refractivity (Wildman–Crippen MR) is 51.8 cm³/mol. The molecule has 0 fully saturated rings. The molecule has 0 bridgehead atoms. The number of alkyl halides is 3. The summed E-state index contributed by atoms with van der Waals surface area (Å²) in [4.78, 5) is 7.23. The summed E-state index contributed by atoms with van der Waals surface area (Å²) in [6, 6.07) is 0. The number of halogens is 4. The van der Waals surface area contributed by atoms with Crippen molar-refractivity contribution in [2.75, 3.05) is 30.3 Å². The van der Waals surface area contributed by atoms with Gasteiger partial charge in [0.25, 0.3) is 0 Å². The van der Waals surface area contributed by atoms with Gasteiger partial charge in [0.15, 0.2) is 11.6 Å². The summed E-state index contributed by atoms with van der Waals surface area (Å²) < 4.78 is 49.9. The summed E-state index contributed by atoms with van der Waals surface area (Å²) in [6.07, 6.45) is -3.86. The van der Waals surface area contributed by atoms with Gasteiger partial charge >= 0.3 is 6.18 Å². The minimum Gasteiger partial charge on any atom is -0.395 e. The molecule has 1 heterocycles. The van der Waals surface area contributed by atoms with Crippen LogP contribution in [-0.2, 0) is 0 Å². The van der Waals surface area contributed by atoms with Gasteiger partial charge < -0.3 is 15.7 Å². The number of hydrogen-bond acceptors (Lipinski definition) is 5. The van der Waals surface area contributed by atoms with Crippen molar-refractivity contribution in [2.45, 2.75) is 6.18 Å². The second-order valence-corrected chi connectivity index (χ2v) is 3.16. The first-order valence-corrected chi connectivity index (χ1v) is 4.54. The van der Waals surface area contributed by atoms with Gasteiger partial charge in [0.05, 0.1) is 12.8 Å². The second kappa shape index (κ2) is 5.13. The first-order valence-electron chi connectivity index (χ1n) is 4.54. The number of nitrogen functional groups attached to an aromatic ring is 1. The van der Waals surface area contributed by atoms with Crippen molar-refractivity contribution < 1.29 is 22.7 Å². The summed E-state index contributed by atoms with van der Waals surface area (Å²) in [5.74, 6) is -1.95. The summed E-state index contributed by atoms with van der Waals surface area (Å²) >= 11 is 0. The molecule has 0 aliphatic heterocycles. The van der Waals surface area contributed by atoms with E-state index in [1.54, 1.807) is 0 Å². The van der Waals surface area contributed by atoms with E-state index in [4.69, 9.17) is 10.8 Å². The Bertz CT molecular complexity index is 384. The molecule has 0 saturated heterocycles. The van der Waals surface area contributed by atoms with Gasteiger partial charge in [0, 0.05) is 6.54 Å². The predicted octanol–water partition coefficient (Wildman–Crippen LogP) is 0.559. The Morgan fingerprint density at radius 1 is 1.41 bits per heavy atom. The Balaban J connectivity index is 3.00. The van der Waals surface area contributed by atoms with Crippen LogP contribution in [0.5, 0.6) is 0 Å². The molecule has 1 rings (SSSR count). The molecule has 0 amide bonds. The van der Waals surface area contributed by atoms with Crippen LogP contribution in [0, 0.1) is 5.82 Å². The van der Waals surface area contributed by atoms with Gasteiger partial charge in [-0.3, -0.25) is 0 Å². The SMILES string of the molecule is Nc1ncc(F)c(N(CCO)CC(F)(F)F)n1. The number of aliphatic hydroxyl groups is 1. The van der Waals surface area contributed by atoms with Crippen molar-refractivity contribution >= 4 is 11.8 Å². The summed E-state index contributed by atoms with van der Waals surface area (Å²) in [6.45, 7) is -2.41. The molecule has 0 aromatic carbocycles. The lowest BCUT2D eigenvalue weighted by Crippen LogP contribution is -2.37. The van der Waals surface area contributed by atoms with Crippen molar-refractivity contribution in [3.63, 3.8) is 0 Å². The quantitative estimate of drug-likeness (QED) is 0.768. The minimum atomic E-state index is -4.54. The van der Waals surface area contributed by atoms with Crippen LogP contribution in [0.25, 0.3) is 0 Å². The van der Waals surface area contributed by atoms with E-state index in [-0.39, 0.29) is 5.95 Å². The van der Waals surface area contributed by atoms with E-state index < -0.39 is 37.5 Å². The monoisotopic (exact) mass is 254 g/mol. The fraction of sp³-hybridized carbons (Fsp3) is 0.500. The number of rotatable bonds is 4. The van der Waals surface area contributed by atoms with Gasteiger partial charge in [-0.25, -0.2) is 9.37 Å². The van der Waals surface area contributed by atoms with Crippen molar-refractivity contribution in [2.24, 2.45) is 0 Å². The first-order chi connectivity index (χ1) is 7.83. The van der Waals surface area contributed by atoms with Gasteiger partial charge in [0.1, 0.15) is 6.54 Å². The highest BCUT2D eigenvalue weighted by Gasteiger charge is 2.32. The largest absolute Gasteiger partial charge is 0.405 e. The third-order valence-corrected chi connectivity index (χ3v) is 1.78. The Morgan fingerprint density at radius 3 is 2.59 bits per heavy atom. The highest BCUT2D eigenvalue weighted by atomic mass is 19.4. The summed E-state index contributed by atoms with van der Waals surface area (Å²) in [5, 5.41) is 8.65. The molecule has 0 saturated carbocycles. The van der Waals surface area contributed by atoms with Crippen LogP contribution in [0.3, 0.4) is 0 Å². The number of aliphatic hydroxyl groups excluding tert-OH is 1. The molecule has 1 aromatic heterocycles. The Hall–Kier alpha value is -1.64. The maximum Gasteiger partial charge on any atom is 0.405 e. The topological polar surface area (TPSA) is 75.3 Å². The Kier molecular flexibility index (Phi) is 4.05. The normalized spacial score (nSPS) is 11.6. The zero-order chi connectivity index (χ0) is 13.1. The molecule has 0 radical (unpaired) electrons. The first kappa shape index (κ1) is 13.4. The molecule has 17 heavy (non-hydrogen) atoms. The van der Waals surface area contributed by atoms with Crippen LogP contribution in [-0.4, -0.2) is 40.9 Å². The van der Waals surface area contributed by atoms with Crippen molar-refractivity contribution in [1.29, 1.82) is 0 Å². The van der Waals surface area contributed by atoms with Gasteiger partial charge in [0.2, 0.25) is 5.95 Å². The zero-order valence-electron chi connectivity index (χ0n) is 8.58. The molecule has 0 aliphatic rings. The van der Waals surface area contributed by atoms with Gasteiger partial charge in [-0.05, 0) is 0 Å². The van der Waals surface area contributed by atoms with Crippen molar-refractivity contribution in [3.8, 4) is 0 Å². The smallest absolute Gasteiger partial charge is 0.395 e. The molecule has 0 aliphatic carbocycles. The average molecular weight is 254 g/mol. The molecule has 5 nitrogen and oxygen atoms in total. The minimum absolute atomic E-state index is 0.341. The lowest BCUT2D eigenvalue weighted by atomic mass is 10.4. The van der Waals surface area contributed by atoms with Crippen LogP contribution in [0.4, 0.5) is 29.3 Å². The van der Waals surface area contributed by atoms with E-state index in [0.29, 0.717) is 11.1 Å². The van der Waals surface area contributed by atoms with Crippen LogP contribution in [0.15, 0.2) is 6.20 Å². The molecular weight excluding hydrogens is 244 g/mol. The van der Waals surface area contributed by atoms with E-state index in [1.807, 2.05) is 0 Å². The third kappa shape index (κ3) is 4.02. The Labute approximate surface area is 93.9 Å². The maximum absolute atomic E-state index is 13.2. The van der Waals surface area contributed by atoms with E-state index in [2.05, 4.69) is 9.97 Å². The Morgan fingerprint density at radius 2 is 2.06 bits per heavy atom. The molecule has 96 valence electrons. The van der Waals surface area contributed by atoms with Gasteiger partial charge in [-0.15, -0.1) is 0 Å². The molecule has 0 unspecified atom stereocenters. The van der Waals surface area contributed by atoms with Gasteiger partial charge in [-0.1, -0.05) is 0 Å². The molecule has 0 atom stereocenters. The van der Waals surface area contributed by atoms with E-state index >= 15 is 0 Å². The van der Waals surface area contributed by atoms with Crippen molar-refractivity contribution in [3.05, 3.63) is 12.0 Å². The van der Waals surface area contributed by atoms with E-state index in [1.165, 1.54) is 0 Å². The fourth-order valence-corrected chi connectivity index (χ4v) is 1.19. The lowest BCUT2D eigenvalue weighted by Gasteiger charge is -2.24. The van der Waals surface area contributed by atoms with Crippen LogP contribution < -0.4 is 10.6 Å². The molecule has 0 spiro atoms. The number of hydrogen-bond donors (Lipinski definition) is 2. The second-order valence-electron chi connectivity index (χ2n) is 3.16. The van der Waals surface area contributed by atoms with Gasteiger partial charge in [-0.2, -0.15) is 18.2 Å². The maximum atomic E-state index is 13.2. The zero-order valence-corrected chi connectivity index (χ0v) is 8.58. The number of anilines is 2. The van der Waals surface area contributed by atoms with E-state index in [9.17, 15) is 17.6 Å². The highest BCUT2D eigenvalue weighted by molar-refractivity contribution is 5.42. The standard InChI is InChI=1S/C8H10F4N4O/c9-5-3-14-7(13)15-6(5)16(1-2-17)4-8(10,11)12/h3,17H,1-2,4H2,(H2,13,14,15). The summed E-state index contributed by atoms with van der Waals surface area (Å²) in [5.41, 5.74) is 5.17. The number of nitrogens with two attached hydrogens (primary N) is 1. The molecular formula is C8H10F4N4O. The lowest BCUT2D eigenvalue weighted by molar-refractivity contribution is -0.120. The number of nitrogens with zero attached hydrogens (tertiary/aromatic N) is 3. The fourth-order valence-electron chi connectivity index (χ4n) is 1.19. The molecule has 9 heteroatoms. The van der Waals surface area contributed by atoms with Crippen LogP contribution >= 0.6 is 0 Å². The average Bonchev–Trinajstić information content (AvgIpc) is 2.19. The third-order valence-electron chi connectivity index (χ3n) is 1.78. The summed E-state index contributed by atoms with van der Waals surface area (Å²) in [7, 11) is 0. The van der Waals surface area contributed by atoms with E-state index in [0.717, 1.165) is 0 Å². The van der Waals surface area contributed by atoms with Crippen molar-refractivity contribution in [1.82, 2.24) is 9.97 Å². The highest BCUT2D eigenvalue weighted by Crippen LogP contribution is 2.22. The number of aromatic nitrogens is 2.